The van der Waals surface area contributed by atoms with Crippen LogP contribution in [0, 0.1) is 0 Å². The highest BCUT2D eigenvalue weighted by molar-refractivity contribution is 6.32. The molecule has 0 aliphatic carbocycles. The second kappa shape index (κ2) is 24.3. The average Bonchev–Trinajstić information content (AvgIpc) is 3.40. The molecule has 12 nitrogen and oxygen atoms in total. The molecular formula is C60H50Cl4N6O6. The predicted octanol–water partition coefficient (Wildman–Crippen LogP) is 14.3. The van der Waals surface area contributed by atoms with Gasteiger partial charge in [-0.3, -0.25) is 29.8 Å². The smallest absolute Gasteiger partial charge is 0.128 e. The van der Waals surface area contributed by atoms with Gasteiger partial charge in [0.05, 0.1) is 22.7 Å². The zero-order valence-electron chi connectivity index (χ0n) is 40.7. The number of aliphatic imine (C=N–C) groups is 4. The molecule has 0 unspecified atom stereocenters. The maximum Gasteiger partial charge on any atom is 0.128 e. The van der Waals surface area contributed by atoms with E-state index in [0.29, 0.717) is 113 Å². The van der Waals surface area contributed by atoms with Gasteiger partial charge in [0.25, 0.3) is 0 Å². The minimum atomic E-state index is -0.0491. The minimum absolute atomic E-state index is 0.0491. The van der Waals surface area contributed by atoms with Crippen molar-refractivity contribution in [2.24, 2.45) is 20.0 Å². The summed E-state index contributed by atoms with van der Waals surface area (Å²) in [6.45, 7) is 1.68. The van der Waals surface area contributed by atoms with Crippen LogP contribution in [0.4, 0.5) is 22.7 Å². The van der Waals surface area contributed by atoms with E-state index < -0.39 is 0 Å². The number of hydrogen-bond acceptors (Lipinski definition) is 12. The number of halogens is 4. The number of nitrogens with zero attached hydrogens (tertiary/aromatic N) is 6. The van der Waals surface area contributed by atoms with E-state index in [4.69, 9.17) is 66.4 Å². The van der Waals surface area contributed by atoms with Crippen LogP contribution in [0.5, 0.6) is 34.5 Å². The normalized spacial score (nSPS) is 13.5. The number of rotatable bonds is 6. The summed E-state index contributed by atoms with van der Waals surface area (Å²) in [6, 6.07) is 41.4. The Balaban J connectivity index is 1.14. The third kappa shape index (κ3) is 13.6. The molecule has 6 N–H and O–H groups in total. The van der Waals surface area contributed by atoms with Crippen LogP contribution in [0.15, 0.2) is 166 Å². The summed E-state index contributed by atoms with van der Waals surface area (Å²) < 4.78 is 0. The quantitative estimate of drug-likeness (QED) is 0.0953. The number of aromatic hydroxyl groups is 6. The molecule has 0 amide bonds. The molecular weight excluding hydrogens is 1040 g/mol. The molecule has 1 aliphatic rings. The summed E-state index contributed by atoms with van der Waals surface area (Å²) in [5, 5.41) is 68.8. The number of fused-ring (bicyclic) bond motifs is 10. The summed E-state index contributed by atoms with van der Waals surface area (Å²) in [6.07, 6.45) is 7.17. The molecule has 1 aliphatic heterocycles. The molecule has 0 radical (unpaired) electrons. The molecule has 76 heavy (non-hydrogen) atoms. The fourth-order valence-corrected chi connectivity index (χ4v) is 9.80. The SMILES string of the molecule is Oc1ccc(CCN2Cc3cc(Cl)cc(c3O)C=Nc3ccccc3N=Cc3cc(Cl)cc(c3O)CN(CCc3ccc(O)cc3)Cc3cc(Cl)cc(c3O)C=Nc3ccccc3N=Cc3cc(Cl)cc(c3O)C2)cc1. The van der Waals surface area contributed by atoms with Crippen LogP contribution in [0.3, 0.4) is 0 Å². The van der Waals surface area contributed by atoms with E-state index in [1.54, 1.807) is 97.1 Å². The Bertz CT molecular complexity index is 3120. The van der Waals surface area contributed by atoms with Gasteiger partial charge < -0.3 is 30.6 Å². The van der Waals surface area contributed by atoms with Gasteiger partial charge in [-0.2, -0.15) is 0 Å². The van der Waals surface area contributed by atoms with Crippen molar-refractivity contribution >= 4 is 94.0 Å². The standard InChI is InChI=1S/C60H50Cl4N6O6/c61-47-21-39-29-65-53-5-1-2-6-54(53)66-30-40-22-48(62)26-44(58(40)74)34-70(20-18-38-11-15-52(72)16-12-38)36-46-28-50(64)24-42(60(46)76)32-68-56-8-4-3-7-55(56)67-31-41-23-49(63)27-45(59(41)75)35-69(33-43(25-47)57(39)73)19-17-37-9-13-51(71)14-10-37/h1-16,21-32,71-76H,17-20,33-36H2. The highest BCUT2D eigenvalue weighted by Crippen LogP contribution is 2.36. The van der Waals surface area contributed by atoms with E-state index in [9.17, 15) is 30.6 Å². The van der Waals surface area contributed by atoms with Crippen LogP contribution in [0.2, 0.25) is 20.1 Å². The zero-order valence-corrected chi connectivity index (χ0v) is 43.7. The highest BCUT2D eigenvalue weighted by atomic mass is 35.5. The lowest BCUT2D eigenvalue weighted by Gasteiger charge is -2.24. The van der Waals surface area contributed by atoms with Gasteiger partial charge in [0.1, 0.15) is 34.5 Å². The Morgan fingerprint density at radius 3 is 0.842 bits per heavy atom. The first-order valence-electron chi connectivity index (χ1n) is 24.1. The maximum atomic E-state index is 11.9. The topological polar surface area (TPSA) is 177 Å². The number of benzene rings is 8. The van der Waals surface area contributed by atoms with Crippen LogP contribution in [0.1, 0.15) is 55.6 Å². The number of phenolic OH excluding ortho intramolecular Hbond substituents is 6. The van der Waals surface area contributed by atoms with Gasteiger partial charge in [0.15, 0.2) is 0 Å². The summed E-state index contributed by atoms with van der Waals surface area (Å²) in [5.41, 5.74) is 7.16. The summed E-state index contributed by atoms with van der Waals surface area (Å²) in [4.78, 5) is 23.1. The molecule has 9 rings (SSSR count). The molecule has 0 fully saturated rings. The number of phenols is 6. The Hall–Kier alpha value is -7.68. The third-order valence-electron chi connectivity index (χ3n) is 12.7. The van der Waals surface area contributed by atoms with E-state index in [1.807, 2.05) is 58.3 Å². The second-order valence-electron chi connectivity index (χ2n) is 18.3. The van der Waals surface area contributed by atoms with E-state index in [0.717, 1.165) is 11.1 Å². The van der Waals surface area contributed by atoms with Crippen LogP contribution < -0.4 is 0 Å². The summed E-state index contributed by atoms with van der Waals surface area (Å²) in [7, 11) is 0. The van der Waals surface area contributed by atoms with E-state index in [2.05, 4.69) is 0 Å². The van der Waals surface area contributed by atoms with Gasteiger partial charge >= 0.3 is 0 Å². The van der Waals surface area contributed by atoms with Crippen LogP contribution in [-0.2, 0) is 39.0 Å². The molecule has 0 aromatic heterocycles. The second-order valence-corrected chi connectivity index (χ2v) is 20.0. The third-order valence-corrected chi connectivity index (χ3v) is 13.6. The van der Waals surface area contributed by atoms with E-state index in [-0.39, 0.29) is 60.7 Å². The van der Waals surface area contributed by atoms with Gasteiger partial charge in [0, 0.05) is 129 Å². The molecule has 8 aromatic carbocycles. The first kappa shape index (κ1) is 53.2. The summed E-state index contributed by atoms with van der Waals surface area (Å²) >= 11 is 27.0. The Morgan fingerprint density at radius 1 is 0.342 bits per heavy atom. The molecule has 0 saturated heterocycles. The van der Waals surface area contributed by atoms with Gasteiger partial charge in [-0.25, -0.2) is 0 Å². The van der Waals surface area contributed by atoms with E-state index >= 15 is 0 Å². The molecule has 8 aromatic rings. The summed E-state index contributed by atoms with van der Waals surface area (Å²) in [5.74, 6) is 0.102. The molecule has 8 bridgehead atoms. The fraction of sp³-hybridized carbons (Fsp3) is 0.133. The van der Waals surface area contributed by atoms with Crippen molar-refractivity contribution in [3.05, 3.63) is 221 Å². The van der Waals surface area contributed by atoms with Gasteiger partial charge in [-0.1, -0.05) is 94.9 Å². The monoisotopic (exact) mass is 1090 g/mol. The first-order chi connectivity index (χ1) is 36.7. The van der Waals surface area contributed by atoms with Crippen LogP contribution in [-0.4, -0.2) is 78.4 Å². The van der Waals surface area contributed by atoms with Gasteiger partial charge in [-0.15, -0.1) is 0 Å². The molecule has 0 spiro atoms. The Labute approximate surface area is 459 Å². The largest absolute Gasteiger partial charge is 0.508 e. The Kier molecular flexibility index (Phi) is 17.0. The van der Waals surface area contributed by atoms with Crippen molar-refractivity contribution in [3.8, 4) is 34.5 Å². The van der Waals surface area contributed by atoms with Crippen molar-refractivity contribution in [2.45, 2.75) is 39.0 Å². The number of hydrogen-bond donors (Lipinski definition) is 6. The first-order valence-corrected chi connectivity index (χ1v) is 25.6. The van der Waals surface area contributed by atoms with Crippen molar-refractivity contribution in [3.63, 3.8) is 0 Å². The van der Waals surface area contributed by atoms with Crippen molar-refractivity contribution in [1.29, 1.82) is 0 Å². The molecule has 0 atom stereocenters. The molecule has 16 heteroatoms. The lowest BCUT2D eigenvalue weighted by molar-refractivity contribution is 0.253. The Morgan fingerprint density at radius 2 is 0.592 bits per heavy atom. The van der Waals surface area contributed by atoms with Crippen LogP contribution >= 0.6 is 46.4 Å². The van der Waals surface area contributed by atoms with Crippen molar-refractivity contribution in [1.82, 2.24) is 9.80 Å². The lowest BCUT2D eigenvalue weighted by atomic mass is 10.1. The number of para-hydroxylation sites is 4. The zero-order chi connectivity index (χ0) is 53.3. The van der Waals surface area contributed by atoms with Crippen LogP contribution in [0.25, 0.3) is 0 Å². The lowest BCUT2D eigenvalue weighted by Crippen LogP contribution is -2.25. The van der Waals surface area contributed by atoms with E-state index in [1.165, 1.54) is 24.9 Å². The molecule has 0 saturated carbocycles. The van der Waals surface area contributed by atoms with Gasteiger partial charge in [-0.05, 0) is 121 Å². The average molecular weight is 1090 g/mol. The highest BCUT2D eigenvalue weighted by Gasteiger charge is 2.20. The fourth-order valence-electron chi connectivity index (χ4n) is 8.80. The molecule has 1 heterocycles. The maximum absolute atomic E-state index is 11.9. The predicted molar refractivity (Wildman–Crippen MR) is 306 cm³/mol. The molecule has 384 valence electrons. The van der Waals surface area contributed by atoms with Gasteiger partial charge in [0.2, 0.25) is 0 Å². The van der Waals surface area contributed by atoms with Crippen molar-refractivity contribution in [2.75, 3.05) is 13.1 Å². The van der Waals surface area contributed by atoms with Crippen molar-refractivity contribution < 1.29 is 30.6 Å². The minimum Gasteiger partial charge on any atom is -0.508 e.